The van der Waals surface area contributed by atoms with Gasteiger partial charge in [-0.05, 0) is 37.2 Å². The number of halogens is 2. The second-order valence-corrected chi connectivity index (χ2v) is 5.46. The van der Waals surface area contributed by atoms with E-state index in [2.05, 4.69) is 28.2 Å². The molecule has 0 atom stereocenters. The van der Waals surface area contributed by atoms with E-state index in [0.29, 0.717) is 17.9 Å². The number of rotatable bonds is 5. The van der Waals surface area contributed by atoms with Crippen LogP contribution in [0.1, 0.15) is 18.1 Å². The normalized spacial score (nSPS) is 10.6. The van der Waals surface area contributed by atoms with Crippen molar-refractivity contribution in [2.24, 2.45) is 0 Å². The first-order chi connectivity index (χ1) is 9.60. The molecule has 0 spiro atoms. The Morgan fingerprint density at radius 1 is 1.20 bits per heavy atom. The molecule has 2 nitrogen and oxygen atoms in total. The zero-order valence-corrected chi connectivity index (χ0v) is 13.1. The van der Waals surface area contributed by atoms with Crippen LogP contribution in [0.4, 0.5) is 4.39 Å². The molecule has 0 aliphatic heterocycles. The predicted molar refractivity (Wildman–Crippen MR) is 82.7 cm³/mol. The van der Waals surface area contributed by atoms with Gasteiger partial charge in [-0.25, -0.2) is 4.39 Å². The Labute approximate surface area is 127 Å². The Hall–Kier alpha value is -1.39. The van der Waals surface area contributed by atoms with Crippen LogP contribution in [0.2, 0.25) is 0 Å². The van der Waals surface area contributed by atoms with E-state index in [9.17, 15) is 4.39 Å². The van der Waals surface area contributed by atoms with Gasteiger partial charge in [-0.1, -0.05) is 35.0 Å². The van der Waals surface area contributed by atoms with Gasteiger partial charge < -0.3 is 10.1 Å². The van der Waals surface area contributed by atoms with Crippen LogP contribution in [0.15, 0.2) is 40.9 Å². The molecule has 1 N–H and O–H groups in total. The molecule has 0 aliphatic carbocycles. The van der Waals surface area contributed by atoms with Crippen molar-refractivity contribution in [1.29, 1.82) is 0 Å². The first-order valence-corrected chi connectivity index (χ1v) is 7.32. The first-order valence-electron chi connectivity index (χ1n) is 6.53. The van der Waals surface area contributed by atoms with Gasteiger partial charge in [0, 0.05) is 22.6 Å². The van der Waals surface area contributed by atoms with Gasteiger partial charge in [-0.3, -0.25) is 0 Å². The van der Waals surface area contributed by atoms with Crippen molar-refractivity contribution in [2.45, 2.75) is 20.4 Å². The third kappa shape index (κ3) is 3.81. The topological polar surface area (TPSA) is 21.3 Å². The van der Waals surface area contributed by atoms with Crippen LogP contribution in [-0.2, 0) is 6.54 Å². The van der Waals surface area contributed by atoms with Gasteiger partial charge in [-0.2, -0.15) is 0 Å². The van der Waals surface area contributed by atoms with E-state index in [1.807, 2.05) is 18.2 Å². The number of aryl methyl sites for hydroxylation is 1. The zero-order valence-electron chi connectivity index (χ0n) is 11.5. The summed E-state index contributed by atoms with van der Waals surface area (Å²) >= 11 is 3.43. The van der Waals surface area contributed by atoms with E-state index >= 15 is 0 Å². The molecule has 0 heterocycles. The maximum atomic E-state index is 13.6. The lowest BCUT2D eigenvalue weighted by atomic mass is 10.2. The van der Waals surface area contributed by atoms with Crippen LogP contribution >= 0.6 is 15.9 Å². The Morgan fingerprint density at radius 2 is 2.00 bits per heavy atom. The van der Waals surface area contributed by atoms with Gasteiger partial charge >= 0.3 is 0 Å². The highest BCUT2D eigenvalue weighted by Crippen LogP contribution is 2.29. The number of nitrogens with one attached hydrogen (secondary N) is 1. The Morgan fingerprint density at radius 3 is 2.70 bits per heavy atom. The smallest absolute Gasteiger partial charge is 0.133 e. The molecule has 0 amide bonds. The molecule has 2 rings (SSSR count). The third-order valence-corrected chi connectivity index (χ3v) is 3.46. The summed E-state index contributed by atoms with van der Waals surface area (Å²) in [5, 5.41) is 3.26. The first kappa shape index (κ1) is 15.0. The second-order valence-electron chi connectivity index (χ2n) is 4.55. The quantitative estimate of drug-likeness (QED) is 0.846. The SMILES string of the molecule is CCNCc1ccc(Br)cc1Oc1ccc(C)c(F)c1. The van der Waals surface area contributed by atoms with Gasteiger partial charge in [0.25, 0.3) is 0 Å². The molecular formula is C16H17BrFNO. The van der Waals surface area contributed by atoms with Crippen LogP contribution in [0.25, 0.3) is 0 Å². The molecular weight excluding hydrogens is 321 g/mol. The lowest BCUT2D eigenvalue weighted by Gasteiger charge is -2.12. The summed E-state index contributed by atoms with van der Waals surface area (Å²) in [4.78, 5) is 0. The summed E-state index contributed by atoms with van der Waals surface area (Å²) in [5.74, 6) is 0.971. The highest BCUT2D eigenvalue weighted by Gasteiger charge is 2.07. The van der Waals surface area contributed by atoms with Gasteiger partial charge in [0.15, 0.2) is 0 Å². The van der Waals surface area contributed by atoms with Gasteiger partial charge in [0.05, 0.1) is 0 Å². The molecule has 0 radical (unpaired) electrons. The largest absolute Gasteiger partial charge is 0.457 e. The molecule has 0 bridgehead atoms. The molecule has 106 valence electrons. The van der Waals surface area contributed by atoms with Crippen molar-refractivity contribution in [2.75, 3.05) is 6.54 Å². The maximum Gasteiger partial charge on any atom is 0.133 e. The minimum atomic E-state index is -0.259. The van der Waals surface area contributed by atoms with E-state index < -0.39 is 0 Å². The number of benzene rings is 2. The number of hydrogen-bond donors (Lipinski definition) is 1. The average molecular weight is 338 g/mol. The summed E-state index contributed by atoms with van der Waals surface area (Å²) in [6, 6.07) is 10.8. The molecule has 0 aromatic heterocycles. The van der Waals surface area contributed by atoms with Crippen molar-refractivity contribution >= 4 is 15.9 Å². The predicted octanol–water partition coefficient (Wildman–Crippen LogP) is 4.80. The van der Waals surface area contributed by atoms with E-state index in [0.717, 1.165) is 22.3 Å². The summed E-state index contributed by atoms with van der Waals surface area (Å²) in [6.45, 7) is 5.38. The summed E-state index contributed by atoms with van der Waals surface area (Å²) in [7, 11) is 0. The van der Waals surface area contributed by atoms with Gasteiger partial charge in [0.1, 0.15) is 17.3 Å². The van der Waals surface area contributed by atoms with E-state index in [1.54, 1.807) is 19.1 Å². The van der Waals surface area contributed by atoms with E-state index in [-0.39, 0.29) is 5.82 Å². The van der Waals surface area contributed by atoms with Crippen molar-refractivity contribution in [1.82, 2.24) is 5.32 Å². The van der Waals surface area contributed by atoms with E-state index in [4.69, 9.17) is 4.74 Å². The molecule has 2 aromatic carbocycles. The summed E-state index contributed by atoms with van der Waals surface area (Å²) < 4.78 is 20.3. The lowest BCUT2D eigenvalue weighted by Crippen LogP contribution is -2.12. The minimum Gasteiger partial charge on any atom is -0.457 e. The molecule has 0 saturated carbocycles. The highest BCUT2D eigenvalue weighted by atomic mass is 79.9. The standard InChI is InChI=1S/C16H17BrFNO/c1-3-19-10-12-5-6-13(17)8-16(12)20-14-7-4-11(2)15(18)9-14/h4-9,19H,3,10H2,1-2H3. The zero-order chi connectivity index (χ0) is 14.5. The fourth-order valence-corrected chi connectivity index (χ4v) is 2.13. The third-order valence-electron chi connectivity index (χ3n) is 2.97. The number of ether oxygens (including phenoxy) is 1. The van der Waals surface area contributed by atoms with Crippen LogP contribution in [0, 0.1) is 12.7 Å². The molecule has 0 unspecified atom stereocenters. The van der Waals surface area contributed by atoms with E-state index in [1.165, 1.54) is 6.07 Å². The van der Waals surface area contributed by atoms with Crippen molar-refractivity contribution in [3.8, 4) is 11.5 Å². The highest BCUT2D eigenvalue weighted by molar-refractivity contribution is 9.10. The molecule has 20 heavy (non-hydrogen) atoms. The number of hydrogen-bond acceptors (Lipinski definition) is 2. The minimum absolute atomic E-state index is 0.259. The van der Waals surface area contributed by atoms with Crippen LogP contribution in [0.3, 0.4) is 0 Å². The van der Waals surface area contributed by atoms with Crippen LogP contribution in [-0.4, -0.2) is 6.54 Å². The maximum absolute atomic E-state index is 13.6. The average Bonchev–Trinajstić information content (AvgIpc) is 2.42. The lowest BCUT2D eigenvalue weighted by molar-refractivity contribution is 0.467. The fourth-order valence-electron chi connectivity index (χ4n) is 1.79. The Bertz CT molecular complexity index is 601. The van der Waals surface area contributed by atoms with Crippen molar-refractivity contribution in [3.63, 3.8) is 0 Å². The Kier molecular flexibility index (Phi) is 5.15. The monoisotopic (exact) mass is 337 g/mol. The summed E-state index contributed by atoms with van der Waals surface area (Å²) in [6.07, 6.45) is 0. The Balaban J connectivity index is 2.26. The molecule has 0 saturated heterocycles. The van der Waals surface area contributed by atoms with Gasteiger partial charge in [0.2, 0.25) is 0 Å². The van der Waals surface area contributed by atoms with Crippen molar-refractivity contribution < 1.29 is 9.13 Å². The van der Waals surface area contributed by atoms with Crippen LogP contribution in [0.5, 0.6) is 11.5 Å². The molecule has 0 aliphatic rings. The molecule has 0 fully saturated rings. The van der Waals surface area contributed by atoms with Gasteiger partial charge in [-0.15, -0.1) is 0 Å². The summed E-state index contributed by atoms with van der Waals surface area (Å²) in [5.41, 5.74) is 1.65. The van der Waals surface area contributed by atoms with Crippen molar-refractivity contribution in [3.05, 3.63) is 57.8 Å². The second kappa shape index (κ2) is 6.86. The molecule has 2 aromatic rings. The van der Waals surface area contributed by atoms with Crippen LogP contribution < -0.4 is 10.1 Å². The fraction of sp³-hybridized carbons (Fsp3) is 0.250. The molecule has 4 heteroatoms.